The summed E-state index contributed by atoms with van der Waals surface area (Å²) in [7, 11) is -1.90. The number of nitrogens with one attached hydrogen (secondary N) is 1. The van der Waals surface area contributed by atoms with Gasteiger partial charge in [-0.25, -0.2) is 8.42 Å². The third-order valence-corrected chi connectivity index (χ3v) is 9.61. The lowest BCUT2D eigenvalue weighted by Crippen LogP contribution is -2.63. The van der Waals surface area contributed by atoms with Gasteiger partial charge in [0.1, 0.15) is 5.54 Å². The average Bonchev–Trinajstić information content (AvgIpc) is 3.11. The average molecular weight is 635 g/mol. The zero-order valence-electron chi connectivity index (χ0n) is 24.9. The van der Waals surface area contributed by atoms with Crippen LogP contribution in [-0.4, -0.2) is 51.5 Å². The van der Waals surface area contributed by atoms with Gasteiger partial charge in [0.2, 0.25) is 11.8 Å². The summed E-state index contributed by atoms with van der Waals surface area (Å²) in [4.78, 5) is 44.8. The summed E-state index contributed by atoms with van der Waals surface area (Å²) in [6, 6.07) is 24.8. The molecule has 230 valence electrons. The molecule has 0 saturated carbocycles. The predicted molar refractivity (Wildman–Crippen MR) is 175 cm³/mol. The van der Waals surface area contributed by atoms with E-state index in [-0.39, 0.29) is 41.9 Å². The summed E-state index contributed by atoms with van der Waals surface area (Å²) in [5, 5.41) is 4.98. The van der Waals surface area contributed by atoms with E-state index in [4.69, 9.17) is 5.73 Å². The molecule has 0 saturated heterocycles. The number of likely N-dealkylation sites (N-methyl/N-ethyl adjacent to an activating group) is 1. The number of aryl methyl sites for hydroxylation is 1. The summed E-state index contributed by atoms with van der Waals surface area (Å²) in [6.45, 7) is 3.61. The fraction of sp³-hybridized carbons (Fsp3) is 0.242. The van der Waals surface area contributed by atoms with E-state index < -0.39 is 33.1 Å². The molecule has 0 radical (unpaired) electrons. The summed E-state index contributed by atoms with van der Waals surface area (Å²) in [5.41, 5.74) is 7.55. The number of hydrogen-bond donors (Lipinski definition) is 2. The van der Waals surface area contributed by atoms with Gasteiger partial charge < -0.3 is 20.9 Å². The largest absolute Gasteiger partial charge is 0.368 e. The van der Waals surface area contributed by atoms with Gasteiger partial charge in [0.25, 0.3) is 5.91 Å². The SMILES string of the molecule is CNC(C)(C(N)=O)[C@@H]1CN(C(=O)c2ccc(S(C)(=O)=O)cc2)c2ccccc2N(Cc2c(C)ccc3ccccc23)C1=O.Cl. The maximum absolute atomic E-state index is 14.6. The van der Waals surface area contributed by atoms with Crippen LogP contribution >= 0.6 is 12.4 Å². The summed E-state index contributed by atoms with van der Waals surface area (Å²) < 4.78 is 24.0. The summed E-state index contributed by atoms with van der Waals surface area (Å²) >= 11 is 0. The minimum atomic E-state index is -3.47. The first-order valence-electron chi connectivity index (χ1n) is 13.8. The third-order valence-electron chi connectivity index (χ3n) is 8.49. The number of nitrogens with two attached hydrogens (primary N) is 1. The number of hydrogen-bond acceptors (Lipinski definition) is 6. The van der Waals surface area contributed by atoms with Crippen LogP contribution in [0.2, 0.25) is 0 Å². The van der Waals surface area contributed by atoms with Crippen molar-refractivity contribution in [3.05, 3.63) is 102 Å². The maximum atomic E-state index is 14.6. The first-order chi connectivity index (χ1) is 20.4. The molecule has 3 N–H and O–H groups in total. The van der Waals surface area contributed by atoms with Crippen molar-refractivity contribution in [1.29, 1.82) is 0 Å². The van der Waals surface area contributed by atoms with E-state index in [9.17, 15) is 22.8 Å². The lowest BCUT2D eigenvalue weighted by molar-refractivity contribution is -0.133. The Morgan fingerprint density at radius 3 is 2.18 bits per heavy atom. The number of rotatable bonds is 7. The molecule has 1 aliphatic rings. The Morgan fingerprint density at radius 2 is 1.57 bits per heavy atom. The highest BCUT2D eigenvalue weighted by Crippen LogP contribution is 2.39. The van der Waals surface area contributed by atoms with Crippen molar-refractivity contribution in [2.24, 2.45) is 11.7 Å². The van der Waals surface area contributed by atoms with E-state index in [0.29, 0.717) is 11.4 Å². The second-order valence-electron chi connectivity index (χ2n) is 11.1. The smallest absolute Gasteiger partial charge is 0.258 e. The van der Waals surface area contributed by atoms with Crippen LogP contribution in [0.4, 0.5) is 11.4 Å². The van der Waals surface area contributed by atoms with Gasteiger partial charge in [-0.1, -0.05) is 48.5 Å². The van der Waals surface area contributed by atoms with Crippen LogP contribution in [0.15, 0.2) is 89.8 Å². The number of carbonyl (C=O) groups is 3. The van der Waals surface area contributed by atoms with Crippen molar-refractivity contribution in [3.8, 4) is 0 Å². The van der Waals surface area contributed by atoms with Crippen molar-refractivity contribution in [2.45, 2.75) is 30.8 Å². The molecule has 2 atom stereocenters. The number of sulfone groups is 1. The number of para-hydroxylation sites is 2. The fourth-order valence-electron chi connectivity index (χ4n) is 5.65. The molecule has 3 amide bonds. The number of nitrogens with zero attached hydrogens (tertiary/aromatic N) is 2. The molecule has 4 aromatic carbocycles. The minimum absolute atomic E-state index is 0. The van der Waals surface area contributed by atoms with Gasteiger partial charge in [-0.05, 0) is 79.2 Å². The number of halogens is 1. The lowest BCUT2D eigenvalue weighted by Gasteiger charge is -2.36. The molecule has 1 heterocycles. The molecule has 9 nitrogen and oxygen atoms in total. The van der Waals surface area contributed by atoms with Crippen LogP contribution in [0.3, 0.4) is 0 Å². The number of primary amides is 1. The number of amides is 3. The Hall–Kier alpha value is -4.25. The van der Waals surface area contributed by atoms with Crippen LogP contribution in [0, 0.1) is 12.8 Å². The first kappa shape index (κ1) is 32.7. The monoisotopic (exact) mass is 634 g/mol. The van der Waals surface area contributed by atoms with Crippen molar-refractivity contribution >= 4 is 62.1 Å². The summed E-state index contributed by atoms with van der Waals surface area (Å²) in [6.07, 6.45) is 1.10. The second-order valence-corrected chi connectivity index (χ2v) is 13.1. The highest BCUT2D eigenvalue weighted by molar-refractivity contribution is 7.90. The van der Waals surface area contributed by atoms with Crippen LogP contribution in [0.1, 0.15) is 28.4 Å². The number of fused-ring (bicyclic) bond motifs is 2. The molecule has 11 heteroatoms. The predicted octanol–water partition coefficient (Wildman–Crippen LogP) is 4.25. The van der Waals surface area contributed by atoms with Crippen LogP contribution in [0.25, 0.3) is 10.8 Å². The van der Waals surface area contributed by atoms with Crippen molar-refractivity contribution in [3.63, 3.8) is 0 Å². The Morgan fingerprint density at radius 1 is 0.955 bits per heavy atom. The van der Waals surface area contributed by atoms with E-state index in [2.05, 4.69) is 5.32 Å². The quantitative estimate of drug-likeness (QED) is 0.313. The molecule has 1 aliphatic heterocycles. The molecule has 0 aliphatic carbocycles. The molecular weight excluding hydrogens is 600 g/mol. The molecule has 0 aromatic heterocycles. The Kier molecular flexibility index (Phi) is 9.20. The standard InChI is InChI=1S/C33H34N4O5S.ClH/c1-21-13-14-22-9-5-6-10-25(22)26(21)19-36-28-11-7-8-12-29(28)37(20-27(31(36)39)33(2,35-3)32(34)40)30(38)23-15-17-24(18-16-23)43(4,41)42;/h5-18,27,35H,19-20H2,1-4H3,(H2,34,40);1H/t27-,33?;/m1./s1. The van der Waals surface area contributed by atoms with Crippen molar-refractivity contribution < 1.29 is 22.8 Å². The molecule has 1 unspecified atom stereocenters. The third kappa shape index (κ3) is 5.80. The van der Waals surface area contributed by atoms with Crippen LogP contribution in [-0.2, 0) is 26.0 Å². The van der Waals surface area contributed by atoms with Gasteiger partial charge in [-0.3, -0.25) is 14.4 Å². The number of anilines is 2. The topological polar surface area (TPSA) is 130 Å². The van der Waals surface area contributed by atoms with Crippen molar-refractivity contribution in [2.75, 3.05) is 29.6 Å². The molecule has 5 rings (SSSR count). The van der Waals surface area contributed by atoms with Gasteiger partial charge in [0.05, 0.1) is 28.7 Å². The molecule has 44 heavy (non-hydrogen) atoms. The Labute approximate surface area is 263 Å². The molecule has 0 spiro atoms. The second kappa shape index (κ2) is 12.4. The highest BCUT2D eigenvalue weighted by atomic mass is 35.5. The zero-order chi connectivity index (χ0) is 31.1. The number of carbonyl (C=O) groups excluding carboxylic acids is 3. The zero-order valence-corrected chi connectivity index (χ0v) is 26.5. The van der Waals surface area contributed by atoms with E-state index in [1.165, 1.54) is 29.2 Å². The van der Waals surface area contributed by atoms with Crippen molar-refractivity contribution in [1.82, 2.24) is 5.32 Å². The van der Waals surface area contributed by atoms with Gasteiger partial charge in [0, 0.05) is 18.4 Å². The van der Waals surface area contributed by atoms with E-state index in [0.717, 1.165) is 28.2 Å². The Balaban J connectivity index is 0.00000442. The molecule has 0 bridgehead atoms. The highest BCUT2D eigenvalue weighted by Gasteiger charge is 2.48. The van der Waals surface area contributed by atoms with Gasteiger partial charge in [-0.2, -0.15) is 0 Å². The first-order valence-corrected chi connectivity index (χ1v) is 15.7. The van der Waals surface area contributed by atoms with Gasteiger partial charge in [-0.15, -0.1) is 12.4 Å². The van der Waals surface area contributed by atoms with E-state index >= 15 is 0 Å². The molecule has 4 aromatic rings. The number of benzene rings is 4. The van der Waals surface area contributed by atoms with Crippen LogP contribution < -0.4 is 20.9 Å². The summed E-state index contributed by atoms with van der Waals surface area (Å²) in [5.74, 6) is -2.60. The minimum Gasteiger partial charge on any atom is -0.368 e. The Bertz CT molecular complexity index is 1860. The fourth-order valence-corrected chi connectivity index (χ4v) is 6.28. The van der Waals surface area contributed by atoms with Gasteiger partial charge in [0.15, 0.2) is 9.84 Å². The molecule has 0 fully saturated rings. The normalized spacial score (nSPS) is 16.5. The molecular formula is C33H35ClN4O5S. The van der Waals surface area contributed by atoms with Crippen LogP contribution in [0.5, 0.6) is 0 Å². The van der Waals surface area contributed by atoms with E-state index in [1.807, 2.05) is 43.3 Å². The lowest BCUT2D eigenvalue weighted by atomic mass is 9.83. The maximum Gasteiger partial charge on any atom is 0.258 e. The van der Waals surface area contributed by atoms with E-state index in [1.54, 1.807) is 43.1 Å². The van der Waals surface area contributed by atoms with Gasteiger partial charge >= 0.3 is 0 Å².